The number of benzene rings is 1. The number of aryl methyl sites for hydroxylation is 1. The van der Waals surface area contributed by atoms with Crippen LogP contribution in [0.15, 0.2) is 18.2 Å². The van der Waals surface area contributed by atoms with Crippen LogP contribution in [0.5, 0.6) is 0 Å². The van der Waals surface area contributed by atoms with Gasteiger partial charge in [0.15, 0.2) is 6.61 Å². The summed E-state index contributed by atoms with van der Waals surface area (Å²) in [5, 5.41) is 2.57. The standard InChI is InChI=1S/C21H26FNO3/c1-13-2-3-17(7-18(13)22)23-19(24)12-26-20(25)11-21-8-14-4-15(9-21)6-16(5-14)10-21/h2-3,7,14-16H,4-6,8-12H2,1H3,(H,23,24). The van der Waals surface area contributed by atoms with Gasteiger partial charge in [0.2, 0.25) is 0 Å². The highest BCUT2D eigenvalue weighted by Gasteiger charge is 2.51. The maximum Gasteiger partial charge on any atom is 0.306 e. The van der Waals surface area contributed by atoms with Crippen molar-refractivity contribution in [2.75, 3.05) is 11.9 Å². The Labute approximate surface area is 153 Å². The number of halogens is 1. The minimum absolute atomic E-state index is 0.113. The highest BCUT2D eigenvalue weighted by molar-refractivity contribution is 5.92. The first-order chi connectivity index (χ1) is 12.4. The Hall–Kier alpha value is -1.91. The van der Waals surface area contributed by atoms with Gasteiger partial charge in [0.1, 0.15) is 5.82 Å². The van der Waals surface area contributed by atoms with E-state index in [-0.39, 0.29) is 23.8 Å². The summed E-state index contributed by atoms with van der Waals surface area (Å²) in [6.45, 7) is 1.34. The third-order valence-corrected chi connectivity index (χ3v) is 6.50. The van der Waals surface area contributed by atoms with Crippen LogP contribution >= 0.6 is 0 Å². The summed E-state index contributed by atoms with van der Waals surface area (Å²) >= 11 is 0. The second kappa shape index (κ2) is 6.67. The molecule has 0 saturated heterocycles. The van der Waals surface area contributed by atoms with E-state index in [1.165, 1.54) is 25.3 Å². The zero-order chi connectivity index (χ0) is 18.3. The van der Waals surface area contributed by atoms with E-state index in [4.69, 9.17) is 4.74 Å². The second-order valence-electron chi connectivity index (χ2n) is 8.77. The van der Waals surface area contributed by atoms with E-state index in [0.717, 1.165) is 37.0 Å². The number of ether oxygens (including phenoxy) is 1. The summed E-state index contributed by atoms with van der Waals surface area (Å²) in [6, 6.07) is 4.50. The van der Waals surface area contributed by atoms with Crippen molar-refractivity contribution in [1.82, 2.24) is 0 Å². The molecule has 4 nitrogen and oxygen atoms in total. The van der Waals surface area contributed by atoms with Crippen LogP contribution in [-0.4, -0.2) is 18.5 Å². The highest BCUT2D eigenvalue weighted by atomic mass is 19.1. The van der Waals surface area contributed by atoms with Crippen molar-refractivity contribution in [3.8, 4) is 0 Å². The molecule has 0 radical (unpaired) electrons. The fraction of sp³-hybridized carbons (Fsp3) is 0.619. The molecule has 26 heavy (non-hydrogen) atoms. The van der Waals surface area contributed by atoms with Gasteiger partial charge in [-0.1, -0.05) is 6.07 Å². The zero-order valence-corrected chi connectivity index (χ0v) is 15.2. The van der Waals surface area contributed by atoms with Crippen LogP contribution in [0.25, 0.3) is 0 Å². The molecule has 0 heterocycles. The van der Waals surface area contributed by atoms with Gasteiger partial charge in [-0.25, -0.2) is 4.39 Å². The molecule has 4 fully saturated rings. The number of carbonyl (C=O) groups is 2. The Balaban J connectivity index is 1.27. The third kappa shape index (κ3) is 3.62. The number of esters is 1. The number of rotatable bonds is 5. The van der Waals surface area contributed by atoms with E-state index in [1.807, 2.05) is 0 Å². The lowest BCUT2D eigenvalue weighted by Gasteiger charge is -2.56. The van der Waals surface area contributed by atoms with Crippen molar-refractivity contribution < 1.29 is 18.7 Å². The summed E-state index contributed by atoms with van der Waals surface area (Å²) in [7, 11) is 0. The molecule has 4 saturated carbocycles. The van der Waals surface area contributed by atoms with Crippen molar-refractivity contribution in [1.29, 1.82) is 0 Å². The molecule has 0 unspecified atom stereocenters. The third-order valence-electron chi connectivity index (χ3n) is 6.50. The van der Waals surface area contributed by atoms with Gasteiger partial charge in [-0.05, 0) is 86.3 Å². The average molecular weight is 359 g/mol. The van der Waals surface area contributed by atoms with Gasteiger partial charge in [-0.3, -0.25) is 9.59 Å². The van der Waals surface area contributed by atoms with Crippen molar-refractivity contribution >= 4 is 17.6 Å². The number of hydrogen-bond acceptors (Lipinski definition) is 3. The molecule has 0 aliphatic heterocycles. The summed E-state index contributed by atoms with van der Waals surface area (Å²) in [5.74, 6) is 1.27. The molecular weight excluding hydrogens is 333 g/mol. The fourth-order valence-corrected chi connectivity index (χ4v) is 5.88. The first-order valence-electron chi connectivity index (χ1n) is 9.62. The van der Waals surface area contributed by atoms with Crippen molar-refractivity contribution in [3.63, 3.8) is 0 Å². The molecule has 1 aromatic carbocycles. The van der Waals surface area contributed by atoms with E-state index in [0.29, 0.717) is 17.7 Å². The quantitative estimate of drug-likeness (QED) is 0.801. The number of nitrogens with one attached hydrogen (secondary N) is 1. The zero-order valence-electron chi connectivity index (χ0n) is 15.2. The largest absolute Gasteiger partial charge is 0.456 e. The molecule has 1 amide bonds. The summed E-state index contributed by atoms with van der Waals surface area (Å²) in [6.07, 6.45) is 7.87. The van der Waals surface area contributed by atoms with Gasteiger partial charge in [-0.15, -0.1) is 0 Å². The van der Waals surface area contributed by atoms with Gasteiger partial charge in [0.25, 0.3) is 5.91 Å². The van der Waals surface area contributed by atoms with Crippen LogP contribution in [0.3, 0.4) is 0 Å². The SMILES string of the molecule is Cc1ccc(NC(=O)COC(=O)CC23CC4CC(CC(C4)C2)C3)cc1F. The fourth-order valence-electron chi connectivity index (χ4n) is 5.88. The van der Waals surface area contributed by atoms with Crippen molar-refractivity contribution in [2.24, 2.45) is 23.2 Å². The average Bonchev–Trinajstić information content (AvgIpc) is 2.55. The van der Waals surface area contributed by atoms with Crippen molar-refractivity contribution in [2.45, 2.75) is 51.9 Å². The number of amides is 1. The van der Waals surface area contributed by atoms with Gasteiger partial charge in [0.05, 0.1) is 6.42 Å². The topological polar surface area (TPSA) is 55.4 Å². The first kappa shape index (κ1) is 17.5. The van der Waals surface area contributed by atoms with Gasteiger partial charge in [0, 0.05) is 5.69 Å². The van der Waals surface area contributed by atoms with Gasteiger partial charge in [-0.2, -0.15) is 0 Å². The molecule has 0 atom stereocenters. The molecule has 0 spiro atoms. The van der Waals surface area contributed by atoms with Crippen LogP contribution in [0.1, 0.15) is 50.5 Å². The molecule has 4 aliphatic carbocycles. The minimum Gasteiger partial charge on any atom is -0.456 e. The Kier molecular flexibility index (Phi) is 4.49. The normalized spacial score (nSPS) is 31.7. The minimum atomic E-state index is -0.438. The summed E-state index contributed by atoms with van der Waals surface area (Å²) in [4.78, 5) is 24.3. The number of anilines is 1. The van der Waals surface area contributed by atoms with Crippen LogP contribution < -0.4 is 5.32 Å². The lowest BCUT2D eigenvalue weighted by Crippen LogP contribution is -2.47. The molecule has 1 aromatic rings. The van der Waals surface area contributed by atoms with Crippen LogP contribution in [0.4, 0.5) is 10.1 Å². The Morgan fingerprint density at radius 3 is 2.35 bits per heavy atom. The molecule has 5 heteroatoms. The molecule has 1 N–H and O–H groups in total. The van der Waals surface area contributed by atoms with Gasteiger partial charge >= 0.3 is 5.97 Å². The summed E-state index contributed by atoms with van der Waals surface area (Å²) in [5.41, 5.74) is 1.00. The molecule has 4 aliphatic rings. The molecule has 4 bridgehead atoms. The van der Waals surface area contributed by atoms with Crippen LogP contribution in [-0.2, 0) is 14.3 Å². The number of carbonyl (C=O) groups excluding carboxylic acids is 2. The molecule has 140 valence electrons. The van der Waals surface area contributed by atoms with Crippen LogP contribution in [0.2, 0.25) is 0 Å². The monoisotopic (exact) mass is 359 g/mol. The predicted molar refractivity (Wildman–Crippen MR) is 95.9 cm³/mol. The highest BCUT2D eigenvalue weighted by Crippen LogP contribution is 2.61. The van der Waals surface area contributed by atoms with E-state index in [1.54, 1.807) is 19.1 Å². The first-order valence-corrected chi connectivity index (χ1v) is 9.62. The van der Waals surface area contributed by atoms with E-state index in [2.05, 4.69) is 5.32 Å². The van der Waals surface area contributed by atoms with Gasteiger partial charge < -0.3 is 10.1 Å². The second-order valence-corrected chi connectivity index (χ2v) is 8.77. The Morgan fingerprint density at radius 2 is 1.77 bits per heavy atom. The number of hydrogen-bond donors (Lipinski definition) is 1. The predicted octanol–water partition coefficient (Wildman–Crippen LogP) is 4.22. The van der Waals surface area contributed by atoms with Crippen LogP contribution in [0, 0.1) is 35.9 Å². The molecule has 5 rings (SSSR count). The summed E-state index contributed by atoms with van der Waals surface area (Å²) < 4.78 is 18.7. The Morgan fingerprint density at radius 1 is 1.15 bits per heavy atom. The molecule has 0 aromatic heterocycles. The Bertz CT molecular complexity index is 695. The lowest BCUT2D eigenvalue weighted by atomic mass is 9.49. The maximum absolute atomic E-state index is 13.5. The smallest absolute Gasteiger partial charge is 0.306 e. The lowest BCUT2D eigenvalue weighted by molar-refractivity contribution is -0.154. The van der Waals surface area contributed by atoms with E-state index in [9.17, 15) is 14.0 Å². The van der Waals surface area contributed by atoms with E-state index >= 15 is 0 Å². The maximum atomic E-state index is 13.5. The van der Waals surface area contributed by atoms with Crippen molar-refractivity contribution in [3.05, 3.63) is 29.6 Å². The molecular formula is C21H26FNO3. The van der Waals surface area contributed by atoms with E-state index < -0.39 is 5.91 Å².